The summed E-state index contributed by atoms with van der Waals surface area (Å²) >= 11 is 3.33. The van der Waals surface area contributed by atoms with Gasteiger partial charge in [-0.15, -0.1) is 0 Å². The molecule has 1 atom stereocenters. The Hall–Kier alpha value is -0.430. The summed E-state index contributed by atoms with van der Waals surface area (Å²) in [5.74, 6) is 0.206. The molecular weight excluding hydrogens is 352 g/mol. The smallest absolute Gasteiger partial charge is 0.179 e. The van der Waals surface area contributed by atoms with Crippen LogP contribution in [0, 0.1) is 5.41 Å². The van der Waals surface area contributed by atoms with E-state index in [1.165, 1.54) is 12.8 Å². The molecular formula is C15H21BrN2O2S. The molecule has 1 unspecified atom stereocenters. The Kier molecular flexibility index (Phi) is 4.41. The summed E-state index contributed by atoms with van der Waals surface area (Å²) in [5.41, 5.74) is 0.404. The number of rotatable bonds is 4. The van der Waals surface area contributed by atoms with Crippen LogP contribution in [0.25, 0.3) is 0 Å². The van der Waals surface area contributed by atoms with E-state index in [1.807, 2.05) is 0 Å². The lowest BCUT2D eigenvalue weighted by molar-refractivity contribution is 0.284. The highest BCUT2D eigenvalue weighted by atomic mass is 79.9. The molecule has 1 N–H and O–H groups in total. The SMILES string of the molecule is O=S(=O)(CCN1CCC2(CCNC2)C1)c1ccc(Br)cc1. The van der Waals surface area contributed by atoms with E-state index in [-0.39, 0.29) is 5.75 Å². The van der Waals surface area contributed by atoms with Crippen molar-refractivity contribution in [1.82, 2.24) is 10.2 Å². The second-order valence-electron chi connectivity index (χ2n) is 6.23. The van der Waals surface area contributed by atoms with Crippen LogP contribution in [0.3, 0.4) is 0 Å². The van der Waals surface area contributed by atoms with Crippen molar-refractivity contribution in [2.24, 2.45) is 5.41 Å². The topological polar surface area (TPSA) is 49.4 Å². The maximum Gasteiger partial charge on any atom is 0.179 e. The number of likely N-dealkylation sites (tertiary alicyclic amines) is 1. The van der Waals surface area contributed by atoms with Crippen LogP contribution in [0.5, 0.6) is 0 Å². The largest absolute Gasteiger partial charge is 0.316 e. The molecule has 0 amide bonds. The van der Waals surface area contributed by atoms with Crippen molar-refractivity contribution in [2.45, 2.75) is 17.7 Å². The molecule has 2 aliphatic heterocycles. The van der Waals surface area contributed by atoms with Crippen LogP contribution in [0.4, 0.5) is 0 Å². The first-order valence-electron chi connectivity index (χ1n) is 7.41. The van der Waals surface area contributed by atoms with Crippen molar-refractivity contribution in [3.63, 3.8) is 0 Å². The van der Waals surface area contributed by atoms with E-state index in [1.54, 1.807) is 24.3 Å². The van der Waals surface area contributed by atoms with E-state index in [4.69, 9.17) is 0 Å². The lowest BCUT2D eigenvalue weighted by Crippen LogP contribution is -2.32. The summed E-state index contributed by atoms with van der Waals surface area (Å²) < 4.78 is 25.6. The van der Waals surface area contributed by atoms with E-state index in [2.05, 4.69) is 26.1 Å². The summed E-state index contributed by atoms with van der Waals surface area (Å²) in [7, 11) is -3.18. The molecule has 2 saturated heterocycles. The van der Waals surface area contributed by atoms with Gasteiger partial charge in [0, 0.05) is 24.1 Å². The number of hydrogen-bond acceptors (Lipinski definition) is 4. The van der Waals surface area contributed by atoms with Gasteiger partial charge in [0.05, 0.1) is 10.6 Å². The highest BCUT2D eigenvalue weighted by Crippen LogP contribution is 2.35. The zero-order valence-electron chi connectivity index (χ0n) is 12.0. The molecule has 0 saturated carbocycles. The minimum atomic E-state index is -3.18. The summed E-state index contributed by atoms with van der Waals surface area (Å²) in [6, 6.07) is 6.90. The summed E-state index contributed by atoms with van der Waals surface area (Å²) in [4.78, 5) is 2.73. The molecule has 116 valence electrons. The van der Waals surface area contributed by atoms with Gasteiger partial charge in [-0.05, 0) is 55.6 Å². The number of nitrogens with one attached hydrogen (secondary N) is 1. The minimum Gasteiger partial charge on any atom is -0.316 e. The Morgan fingerprint density at radius 1 is 1.24 bits per heavy atom. The van der Waals surface area contributed by atoms with Crippen LogP contribution >= 0.6 is 15.9 Å². The van der Waals surface area contributed by atoms with E-state index in [0.717, 1.165) is 30.7 Å². The molecule has 2 aliphatic rings. The molecule has 0 bridgehead atoms. The standard InChI is InChI=1S/C15H21BrN2O2S/c16-13-1-3-14(4-2-13)21(19,20)10-9-18-8-6-15(12-18)5-7-17-11-15/h1-4,17H,5-12H2. The van der Waals surface area contributed by atoms with Crippen LogP contribution in [0.15, 0.2) is 33.6 Å². The molecule has 1 spiro atoms. The van der Waals surface area contributed by atoms with Crippen LogP contribution in [-0.2, 0) is 9.84 Å². The molecule has 0 aromatic heterocycles. The normalized spacial score (nSPS) is 26.7. The molecule has 0 aliphatic carbocycles. The van der Waals surface area contributed by atoms with Crippen LogP contribution in [0.2, 0.25) is 0 Å². The number of halogens is 1. The third kappa shape index (κ3) is 3.50. The molecule has 1 aromatic rings. The van der Waals surface area contributed by atoms with Crippen molar-refractivity contribution in [1.29, 1.82) is 0 Å². The summed E-state index contributed by atoms with van der Waals surface area (Å²) in [5, 5.41) is 3.43. The average molecular weight is 373 g/mol. The molecule has 4 nitrogen and oxygen atoms in total. The lowest BCUT2D eigenvalue weighted by atomic mass is 9.87. The Morgan fingerprint density at radius 3 is 2.67 bits per heavy atom. The number of benzene rings is 1. The summed E-state index contributed by atoms with van der Waals surface area (Å²) in [6.07, 6.45) is 2.42. The Bertz CT molecular complexity index is 595. The first-order valence-corrected chi connectivity index (χ1v) is 9.85. The molecule has 2 heterocycles. The van der Waals surface area contributed by atoms with Crippen molar-refractivity contribution in [3.05, 3.63) is 28.7 Å². The van der Waals surface area contributed by atoms with Crippen molar-refractivity contribution < 1.29 is 8.42 Å². The fourth-order valence-corrected chi connectivity index (χ4v) is 4.92. The van der Waals surface area contributed by atoms with Gasteiger partial charge in [-0.1, -0.05) is 15.9 Å². The number of hydrogen-bond donors (Lipinski definition) is 1. The van der Waals surface area contributed by atoms with Crippen molar-refractivity contribution >= 4 is 25.8 Å². The van der Waals surface area contributed by atoms with E-state index < -0.39 is 9.84 Å². The Balaban J connectivity index is 1.58. The maximum absolute atomic E-state index is 12.4. The van der Waals surface area contributed by atoms with Gasteiger partial charge in [0.2, 0.25) is 0 Å². The van der Waals surface area contributed by atoms with Gasteiger partial charge in [0.1, 0.15) is 0 Å². The number of sulfone groups is 1. The monoisotopic (exact) mass is 372 g/mol. The van der Waals surface area contributed by atoms with Gasteiger partial charge in [-0.3, -0.25) is 0 Å². The van der Waals surface area contributed by atoms with Gasteiger partial charge in [-0.25, -0.2) is 8.42 Å². The molecule has 6 heteroatoms. The van der Waals surface area contributed by atoms with Gasteiger partial charge in [0.15, 0.2) is 9.84 Å². The van der Waals surface area contributed by atoms with Crippen LogP contribution in [-0.4, -0.2) is 51.8 Å². The van der Waals surface area contributed by atoms with E-state index >= 15 is 0 Å². The molecule has 3 rings (SSSR count). The second-order valence-corrected chi connectivity index (χ2v) is 9.25. The second kappa shape index (κ2) is 5.99. The van der Waals surface area contributed by atoms with Crippen molar-refractivity contribution in [2.75, 3.05) is 38.5 Å². The van der Waals surface area contributed by atoms with E-state index in [0.29, 0.717) is 16.9 Å². The highest BCUT2D eigenvalue weighted by molar-refractivity contribution is 9.10. The fraction of sp³-hybridized carbons (Fsp3) is 0.600. The first-order chi connectivity index (χ1) is 9.99. The number of nitrogens with zero attached hydrogens (tertiary/aromatic N) is 1. The van der Waals surface area contributed by atoms with Crippen LogP contribution < -0.4 is 5.32 Å². The predicted octanol–water partition coefficient (Wildman–Crippen LogP) is 1.91. The molecule has 2 fully saturated rings. The molecule has 1 aromatic carbocycles. The third-order valence-corrected chi connectivity index (χ3v) is 6.94. The quantitative estimate of drug-likeness (QED) is 0.876. The predicted molar refractivity (Wildman–Crippen MR) is 87.2 cm³/mol. The van der Waals surface area contributed by atoms with Gasteiger partial charge < -0.3 is 10.2 Å². The third-order valence-electron chi connectivity index (χ3n) is 4.70. The lowest BCUT2D eigenvalue weighted by Gasteiger charge is -2.22. The van der Waals surface area contributed by atoms with Gasteiger partial charge in [-0.2, -0.15) is 0 Å². The first kappa shape index (κ1) is 15.5. The van der Waals surface area contributed by atoms with E-state index in [9.17, 15) is 8.42 Å². The zero-order chi connectivity index (χ0) is 14.9. The fourth-order valence-electron chi connectivity index (χ4n) is 3.37. The van der Waals surface area contributed by atoms with Gasteiger partial charge >= 0.3 is 0 Å². The zero-order valence-corrected chi connectivity index (χ0v) is 14.4. The minimum absolute atomic E-state index is 0.206. The molecule has 0 radical (unpaired) electrons. The van der Waals surface area contributed by atoms with Crippen LogP contribution in [0.1, 0.15) is 12.8 Å². The average Bonchev–Trinajstić information content (AvgIpc) is 3.08. The summed E-state index contributed by atoms with van der Waals surface area (Å²) in [6.45, 7) is 4.89. The highest BCUT2D eigenvalue weighted by Gasteiger charge is 2.40. The Labute approximate surface area is 135 Å². The Morgan fingerprint density at radius 2 is 2.00 bits per heavy atom. The molecule has 21 heavy (non-hydrogen) atoms. The van der Waals surface area contributed by atoms with Crippen molar-refractivity contribution in [3.8, 4) is 0 Å². The maximum atomic E-state index is 12.4. The van der Waals surface area contributed by atoms with Gasteiger partial charge in [0.25, 0.3) is 0 Å².